The molecule has 1 fully saturated rings. The van der Waals surface area contributed by atoms with Crippen molar-refractivity contribution < 1.29 is 5.11 Å². The van der Waals surface area contributed by atoms with Crippen LogP contribution in [0.1, 0.15) is 50.2 Å². The van der Waals surface area contributed by atoms with E-state index in [1.54, 1.807) is 0 Å². The van der Waals surface area contributed by atoms with Gasteiger partial charge in [-0.3, -0.25) is 0 Å². The fourth-order valence-corrected chi connectivity index (χ4v) is 3.03. The zero-order chi connectivity index (χ0) is 13.1. The lowest BCUT2D eigenvalue weighted by Gasteiger charge is -2.39. The molecular weight excluding hydrogens is 222 g/mol. The maximum absolute atomic E-state index is 9.35. The Labute approximate surface area is 110 Å². The Balaban J connectivity index is 1.79. The lowest BCUT2D eigenvalue weighted by atomic mass is 9.74. The Kier molecular flexibility index (Phi) is 4.41. The average molecular weight is 247 g/mol. The van der Waals surface area contributed by atoms with Gasteiger partial charge in [0.2, 0.25) is 0 Å². The van der Waals surface area contributed by atoms with Crippen LogP contribution in [0.15, 0.2) is 24.3 Å². The second kappa shape index (κ2) is 5.85. The molecule has 2 unspecified atom stereocenters. The summed E-state index contributed by atoms with van der Waals surface area (Å²) in [5, 5.41) is 13.0. The molecule has 0 aliphatic heterocycles. The molecule has 100 valence electrons. The third kappa shape index (κ3) is 3.33. The molecule has 0 amide bonds. The zero-order valence-electron chi connectivity index (χ0n) is 11.7. The first kappa shape index (κ1) is 13.6. The molecule has 2 heteroatoms. The maximum Gasteiger partial charge on any atom is 0.0526 e. The summed E-state index contributed by atoms with van der Waals surface area (Å²) in [5.74, 6) is 0.724. The predicted molar refractivity (Wildman–Crippen MR) is 75.8 cm³/mol. The summed E-state index contributed by atoms with van der Waals surface area (Å²) >= 11 is 0. The maximum atomic E-state index is 9.35. The van der Waals surface area contributed by atoms with Crippen molar-refractivity contribution in [1.82, 2.24) is 5.32 Å². The zero-order valence-corrected chi connectivity index (χ0v) is 11.7. The molecule has 1 saturated carbocycles. The third-order valence-corrected chi connectivity index (χ3v) is 3.98. The largest absolute Gasteiger partial charge is 0.393 e. The normalized spacial score (nSPS) is 26.4. The Morgan fingerprint density at radius 2 is 1.94 bits per heavy atom. The fraction of sp³-hybridized carbons (Fsp3) is 0.625. The molecule has 1 aromatic rings. The van der Waals surface area contributed by atoms with E-state index in [9.17, 15) is 5.11 Å². The van der Waals surface area contributed by atoms with Gasteiger partial charge in [-0.05, 0) is 57.1 Å². The fourth-order valence-electron chi connectivity index (χ4n) is 3.03. The smallest absolute Gasteiger partial charge is 0.0526 e. The van der Waals surface area contributed by atoms with E-state index in [4.69, 9.17) is 0 Å². The van der Waals surface area contributed by atoms with Gasteiger partial charge < -0.3 is 10.4 Å². The van der Waals surface area contributed by atoms with Crippen molar-refractivity contribution in [3.05, 3.63) is 35.4 Å². The summed E-state index contributed by atoms with van der Waals surface area (Å²) in [6, 6.07) is 9.75. The van der Waals surface area contributed by atoms with Crippen molar-refractivity contribution in [1.29, 1.82) is 0 Å². The molecule has 0 aromatic heterocycles. The molecule has 0 spiro atoms. The summed E-state index contributed by atoms with van der Waals surface area (Å²) in [5.41, 5.74) is 2.93. The van der Waals surface area contributed by atoms with Gasteiger partial charge in [-0.25, -0.2) is 0 Å². The molecule has 2 N–H and O–H groups in total. The van der Waals surface area contributed by atoms with E-state index in [2.05, 4.69) is 43.4 Å². The van der Waals surface area contributed by atoms with Gasteiger partial charge >= 0.3 is 0 Å². The SMILES string of the molecule is Cc1ccccc1C1CC(NC(C)CC(C)O)C1. The van der Waals surface area contributed by atoms with Crippen LogP contribution in [0.25, 0.3) is 0 Å². The van der Waals surface area contributed by atoms with Crippen LogP contribution in [-0.2, 0) is 0 Å². The van der Waals surface area contributed by atoms with Gasteiger partial charge in [0.25, 0.3) is 0 Å². The summed E-state index contributed by atoms with van der Waals surface area (Å²) in [4.78, 5) is 0. The second-order valence-electron chi connectivity index (χ2n) is 5.87. The molecular formula is C16H25NO. The number of nitrogens with one attached hydrogen (secondary N) is 1. The number of benzene rings is 1. The first-order chi connectivity index (χ1) is 8.56. The molecule has 1 aliphatic carbocycles. The van der Waals surface area contributed by atoms with Crippen molar-refractivity contribution in [3.8, 4) is 0 Å². The lowest BCUT2D eigenvalue weighted by molar-refractivity contribution is 0.159. The van der Waals surface area contributed by atoms with Crippen LogP contribution in [-0.4, -0.2) is 23.3 Å². The highest BCUT2D eigenvalue weighted by molar-refractivity contribution is 5.31. The molecule has 18 heavy (non-hydrogen) atoms. The van der Waals surface area contributed by atoms with Crippen LogP contribution in [0.2, 0.25) is 0 Å². The highest BCUT2D eigenvalue weighted by atomic mass is 16.3. The Bertz CT molecular complexity index is 382. The van der Waals surface area contributed by atoms with E-state index in [0.29, 0.717) is 12.1 Å². The van der Waals surface area contributed by atoms with Gasteiger partial charge in [-0.15, -0.1) is 0 Å². The third-order valence-electron chi connectivity index (χ3n) is 3.98. The minimum atomic E-state index is -0.209. The average Bonchev–Trinajstić information content (AvgIpc) is 2.23. The van der Waals surface area contributed by atoms with E-state index >= 15 is 0 Å². The van der Waals surface area contributed by atoms with Gasteiger partial charge in [0.15, 0.2) is 0 Å². The molecule has 2 rings (SSSR count). The standard InChI is InChI=1S/C16H25NO/c1-11-6-4-5-7-16(11)14-9-15(10-14)17-12(2)8-13(3)18/h4-7,12-15,17-18H,8-10H2,1-3H3. The topological polar surface area (TPSA) is 32.3 Å². The minimum absolute atomic E-state index is 0.209. The number of hydrogen-bond donors (Lipinski definition) is 2. The van der Waals surface area contributed by atoms with Gasteiger partial charge in [0, 0.05) is 12.1 Å². The van der Waals surface area contributed by atoms with Crippen molar-refractivity contribution in [3.63, 3.8) is 0 Å². The number of aryl methyl sites for hydroxylation is 1. The Hall–Kier alpha value is -0.860. The van der Waals surface area contributed by atoms with Crippen molar-refractivity contribution in [2.75, 3.05) is 0 Å². The van der Waals surface area contributed by atoms with Crippen LogP contribution in [0.3, 0.4) is 0 Å². The highest BCUT2D eigenvalue weighted by Gasteiger charge is 2.31. The molecule has 2 nitrogen and oxygen atoms in total. The first-order valence-electron chi connectivity index (χ1n) is 7.06. The molecule has 1 aromatic carbocycles. The predicted octanol–water partition coefficient (Wildman–Crippen LogP) is 2.99. The minimum Gasteiger partial charge on any atom is -0.393 e. The van der Waals surface area contributed by atoms with Crippen molar-refractivity contribution >= 4 is 0 Å². The quantitative estimate of drug-likeness (QED) is 0.838. The number of hydrogen-bond acceptors (Lipinski definition) is 2. The van der Waals surface area contributed by atoms with Crippen LogP contribution < -0.4 is 5.32 Å². The van der Waals surface area contributed by atoms with Gasteiger partial charge in [0.1, 0.15) is 0 Å². The molecule has 1 aliphatic rings. The van der Waals surface area contributed by atoms with E-state index in [1.165, 1.54) is 24.0 Å². The monoisotopic (exact) mass is 247 g/mol. The van der Waals surface area contributed by atoms with E-state index < -0.39 is 0 Å². The van der Waals surface area contributed by atoms with E-state index in [-0.39, 0.29) is 6.10 Å². The summed E-state index contributed by atoms with van der Waals surface area (Å²) < 4.78 is 0. The molecule has 2 atom stereocenters. The van der Waals surface area contributed by atoms with Crippen LogP contribution in [0.5, 0.6) is 0 Å². The molecule has 0 bridgehead atoms. The van der Waals surface area contributed by atoms with Gasteiger partial charge in [-0.1, -0.05) is 24.3 Å². The lowest BCUT2D eigenvalue weighted by Crippen LogP contribution is -2.45. The summed E-state index contributed by atoms with van der Waals surface area (Å²) in [7, 11) is 0. The number of aliphatic hydroxyl groups is 1. The van der Waals surface area contributed by atoms with Crippen LogP contribution in [0.4, 0.5) is 0 Å². The summed E-state index contributed by atoms with van der Waals surface area (Å²) in [6.07, 6.45) is 3.09. The molecule has 0 saturated heterocycles. The second-order valence-corrected chi connectivity index (χ2v) is 5.87. The highest BCUT2D eigenvalue weighted by Crippen LogP contribution is 2.38. The number of aliphatic hydroxyl groups excluding tert-OH is 1. The molecule has 0 radical (unpaired) electrons. The Morgan fingerprint density at radius 1 is 1.28 bits per heavy atom. The van der Waals surface area contributed by atoms with E-state index in [0.717, 1.165) is 12.3 Å². The van der Waals surface area contributed by atoms with Crippen LogP contribution >= 0.6 is 0 Å². The molecule has 0 heterocycles. The van der Waals surface area contributed by atoms with Crippen LogP contribution in [0, 0.1) is 6.92 Å². The van der Waals surface area contributed by atoms with Gasteiger partial charge in [0.05, 0.1) is 6.10 Å². The summed E-state index contributed by atoms with van der Waals surface area (Å²) in [6.45, 7) is 6.22. The number of rotatable bonds is 5. The first-order valence-corrected chi connectivity index (χ1v) is 7.06. The van der Waals surface area contributed by atoms with Crippen molar-refractivity contribution in [2.24, 2.45) is 0 Å². The Morgan fingerprint density at radius 3 is 2.56 bits per heavy atom. The van der Waals surface area contributed by atoms with Gasteiger partial charge in [-0.2, -0.15) is 0 Å². The van der Waals surface area contributed by atoms with E-state index in [1.807, 2.05) is 6.92 Å². The van der Waals surface area contributed by atoms with Crippen molar-refractivity contribution in [2.45, 2.75) is 64.1 Å².